The fourth-order valence-electron chi connectivity index (χ4n) is 10.2. The first-order chi connectivity index (χ1) is 17.6. The van der Waals surface area contributed by atoms with Gasteiger partial charge in [0.15, 0.2) is 16.6 Å². The van der Waals surface area contributed by atoms with Gasteiger partial charge in [-0.25, -0.2) is 0 Å². The molecule has 6 heteroatoms. The summed E-state index contributed by atoms with van der Waals surface area (Å²) in [6, 6.07) is 0. The molecule has 4 aliphatic carbocycles. The van der Waals surface area contributed by atoms with Crippen LogP contribution >= 0.6 is 0 Å². The molecule has 10 atom stereocenters. The number of hydrogen-bond donors (Lipinski definition) is 0. The lowest BCUT2D eigenvalue weighted by Crippen LogP contribution is -2.60. The zero-order valence-corrected chi connectivity index (χ0v) is 28.5. The summed E-state index contributed by atoms with van der Waals surface area (Å²) in [4.78, 5) is 11.7. The number of hydrogen-bond acceptors (Lipinski definition) is 4. The Morgan fingerprint density at radius 3 is 2.13 bits per heavy atom. The summed E-state index contributed by atoms with van der Waals surface area (Å²) in [6.07, 6.45) is 14.1. The zero-order valence-electron chi connectivity index (χ0n) is 26.5. The SMILES string of the molecule is COC(=O)CCCC(C)C1CCC2C3C(CCC12C)C1(C)CC[C@@H](O[Si](C)(C)C)C[C@H]1C[C@@H]3O[Si](C)(C)C. The number of fused-ring (bicyclic) bond motifs is 5. The molecule has 0 aromatic rings. The van der Waals surface area contributed by atoms with E-state index < -0.39 is 16.6 Å². The van der Waals surface area contributed by atoms with E-state index in [0.717, 1.165) is 36.5 Å². The van der Waals surface area contributed by atoms with Gasteiger partial charge < -0.3 is 13.6 Å². The van der Waals surface area contributed by atoms with Crippen LogP contribution in [0.25, 0.3) is 0 Å². The largest absolute Gasteiger partial charge is 0.469 e. The highest BCUT2D eigenvalue weighted by Crippen LogP contribution is 2.69. The first-order valence-electron chi connectivity index (χ1n) is 16.0. The van der Waals surface area contributed by atoms with Crippen LogP contribution in [-0.4, -0.2) is 41.9 Å². The van der Waals surface area contributed by atoms with Gasteiger partial charge in [0.2, 0.25) is 0 Å². The molecule has 0 heterocycles. The quantitative estimate of drug-likeness (QED) is 0.208. The average molecular weight is 565 g/mol. The first kappa shape index (κ1) is 30.8. The van der Waals surface area contributed by atoms with Crippen molar-refractivity contribution < 1.29 is 18.4 Å². The highest BCUT2D eigenvalue weighted by molar-refractivity contribution is 6.70. The van der Waals surface area contributed by atoms with Crippen LogP contribution in [-0.2, 0) is 18.4 Å². The van der Waals surface area contributed by atoms with Crippen molar-refractivity contribution in [3.8, 4) is 0 Å². The molecule has 7 unspecified atom stereocenters. The van der Waals surface area contributed by atoms with Crippen LogP contribution in [0.4, 0.5) is 0 Å². The van der Waals surface area contributed by atoms with E-state index in [1.165, 1.54) is 58.5 Å². The fourth-order valence-corrected chi connectivity index (χ4v) is 12.6. The van der Waals surface area contributed by atoms with E-state index in [1.54, 1.807) is 0 Å². The predicted octanol–water partition coefficient (Wildman–Crippen LogP) is 8.67. The molecule has 0 aromatic carbocycles. The number of rotatable bonds is 9. The zero-order chi connectivity index (χ0) is 28.1. The lowest BCUT2D eigenvalue weighted by Gasteiger charge is -2.64. The van der Waals surface area contributed by atoms with Crippen molar-refractivity contribution in [3.63, 3.8) is 0 Å². The topological polar surface area (TPSA) is 44.8 Å². The summed E-state index contributed by atoms with van der Waals surface area (Å²) in [5, 5.41) is 0. The molecule has 0 amide bonds. The third-order valence-electron chi connectivity index (χ3n) is 11.7. The van der Waals surface area contributed by atoms with Crippen molar-refractivity contribution in [2.45, 2.75) is 143 Å². The van der Waals surface area contributed by atoms with Gasteiger partial charge in [0.25, 0.3) is 0 Å². The predicted molar refractivity (Wildman–Crippen MR) is 162 cm³/mol. The normalized spacial score (nSPS) is 42.1. The lowest BCUT2D eigenvalue weighted by atomic mass is 9.43. The van der Waals surface area contributed by atoms with Crippen molar-refractivity contribution in [1.82, 2.24) is 0 Å². The molecule has 0 aromatic heterocycles. The molecule has 0 aliphatic heterocycles. The van der Waals surface area contributed by atoms with E-state index in [-0.39, 0.29) is 5.97 Å². The van der Waals surface area contributed by atoms with E-state index in [0.29, 0.717) is 41.3 Å². The van der Waals surface area contributed by atoms with Crippen molar-refractivity contribution in [2.24, 2.45) is 46.3 Å². The fraction of sp³-hybridized carbons (Fsp3) is 0.969. The van der Waals surface area contributed by atoms with Gasteiger partial charge in [-0.05, 0) is 150 Å². The Balaban J connectivity index is 1.55. The molecular weight excluding hydrogens is 505 g/mol. The Hall–Kier alpha value is -0.176. The molecule has 4 saturated carbocycles. The third-order valence-corrected chi connectivity index (χ3v) is 13.7. The molecule has 0 saturated heterocycles. The average Bonchev–Trinajstić information content (AvgIpc) is 3.15. The van der Waals surface area contributed by atoms with Gasteiger partial charge >= 0.3 is 5.97 Å². The number of carbonyl (C=O) groups excluding carboxylic acids is 1. The van der Waals surface area contributed by atoms with Crippen LogP contribution in [0.2, 0.25) is 39.3 Å². The minimum absolute atomic E-state index is 0.0606. The molecule has 4 rings (SSSR count). The van der Waals surface area contributed by atoms with Crippen LogP contribution in [0.5, 0.6) is 0 Å². The second-order valence-electron chi connectivity index (χ2n) is 16.3. The van der Waals surface area contributed by atoms with E-state index in [9.17, 15) is 4.79 Å². The highest BCUT2D eigenvalue weighted by Gasteiger charge is 2.63. The van der Waals surface area contributed by atoms with Crippen LogP contribution in [0.1, 0.15) is 91.4 Å². The van der Waals surface area contributed by atoms with Gasteiger partial charge in [-0.15, -0.1) is 0 Å². The molecule has 4 nitrogen and oxygen atoms in total. The lowest BCUT2D eigenvalue weighted by molar-refractivity contribution is -0.168. The van der Waals surface area contributed by atoms with E-state index in [2.05, 4.69) is 60.1 Å². The summed E-state index contributed by atoms with van der Waals surface area (Å²) in [6.45, 7) is 22.0. The van der Waals surface area contributed by atoms with Gasteiger partial charge in [0.05, 0.1) is 7.11 Å². The molecule has 0 spiro atoms. The number of carbonyl (C=O) groups is 1. The van der Waals surface area contributed by atoms with Gasteiger partial charge in [0.1, 0.15) is 0 Å². The van der Waals surface area contributed by atoms with Crippen molar-refractivity contribution >= 4 is 22.6 Å². The van der Waals surface area contributed by atoms with Gasteiger partial charge in [-0.2, -0.15) is 0 Å². The number of methoxy groups -OCH3 is 1. The Bertz CT molecular complexity index is 834. The maximum absolute atomic E-state index is 11.7. The molecule has 4 fully saturated rings. The third kappa shape index (κ3) is 6.33. The summed E-state index contributed by atoms with van der Waals surface area (Å²) < 4.78 is 18.8. The Morgan fingerprint density at radius 2 is 1.50 bits per heavy atom. The Kier molecular flexibility index (Phi) is 9.11. The molecule has 0 radical (unpaired) electrons. The minimum Gasteiger partial charge on any atom is -0.469 e. The second kappa shape index (κ2) is 11.2. The Morgan fingerprint density at radius 1 is 0.868 bits per heavy atom. The standard InChI is InChI=1S/C32H60O4Si2/c1-22(12-11-13-29(33)34-4)25-14-15-26-30-27(17-19-32(25,26)3)31(2)18-16-24(35-37(5,6)7)20-23(31)21-28(30)36-38(8,9)10/h22-28,30H,11-21H2,1-10H3/t22?,23-,24+,25?,26?,27?,28-,30?,31?,32?/m0/s1. The van der Waals surface area contributed by atoms with Crippen LogP contribution < -0.4 is 0 Å². The van der Waals surface area contributed by atoms with E-state index >= 15 is 0 Å². The number of ether oxygens (including phenoxy) is 1. The molecule has 38 heavy (non-hydrogen) atoms. The van der Waals surface area contributed by atoms with Crippen LogP contribution in [0.15, 0.2) is 0 Å². The second-order valence-corrected chi connectivity index (χ2v) is 25.2. The van der Waals surface area contributed by atoms with E-state index in [4.69, 9.17) is 13.6 Å². The van der Waals surface area contributed by atoms with E-state index in [1.807, 2.05) is 0 Å². The van der Waals surface area contributed by atoms with Gasteiger partial charge in [0, 0.05) is 18.6 Å². The smallest absolute Gasteiger partial charge is 0.305 e. The monoisotopic (exact) mass is 564 g/mol. The highest BCUT2D eigenvalue weighted by atomic mass is 28.4. The first-order valence-corrected chi connectivity index (χ1v) is 22.8. The summed E-state index contributed by atoms with van der Waals surface area (Å²) >= 11 is 0. The van der Waals surface area contributed by atoms with Gasteiger partial charge in [-0.3, -0.25) is 4.79 Å². The summed E-state index contributed by atoms with van der Waals surface area (Å²) in [5.41, 5.74) is 0.850. The molecular formula is C32H60O4Si2. The maximum atomic E-state index is 11.7. The molecule has 0 N–H and O–H groups in total. The Labute approximate surface area is 237 Å². The number of esters is 1. The van der Waals surface area contributed by atoms with Gasteiger partial charge in [-0.1, -0.05) is 20.8 Å². The minimum atomic E-state index is -1.66. The van der Waals surface area contributed by atoms with Crippen LogP contribution in [0, 0.1) is 46.3 Å². The molecule has 220 valence electrons. The van der Waals surface area contributed by atoms with Crippen molar-refractivity contribution in [3.05, 3.63) is 0 Å². The maximum Gasteiger partial charge on any atom is 0.305 e. The van der Waals surface area contributed by atoms with Crippen molar-refractivity contribution in [1.29, 1.82) is 0 Å². The molecule has 0 bridgehead atoms. The van der Waals surface area contributed by atoms with Crippen LogP contribution in [0.3, 0.4) is 0 Å². The molecule has 4 aliphatic rings. The summed E-state index contributed by atoms with van der Waals surface area (Å²) in [5.74, 6) is 4.40. The van der Waals surface area contributed by atoms with Crippen molar-refractivity contribution in [2.75, 3.05) is 7.11 Å². The summed E-state index contributed by atoms with van der Waals surface area (Å²) in [7, 11) is -1.69.